The molecule has 1 aliphatic heterocycles. The van der Waals surface area contributed by atoms with Crippen LogP contribution in [0.4, 0.5) is 0 Å². The van der Waals surface area contributed by atoms with Gasteiger partial charge >= 0.3 is 0 Å². The summed E-state index contributed by atoms with van der Waals surface area (Å²) in [5, 5.41) is 4.30. The van der Waals surface area contributed by atoms with E-state index in [1.807, 2.05) is 48.9 Å². The summed E-state index contributed by atoms with van der Waals surface area (Å²) in [7, 11) is 1.68. The summed E-state index contributed by atoms with van der Waals surface area (Å²) in [6.45, 7) is 5.83. The Bertz CT molecular complexity index is 1300. The molecule has 4 heterocycles. The molecule has 0 radical (unpaired) electrons. The molecule has 0 spiro atoms. The second kappa shape index (κ2) is 9.88. The zero-order chi connectivity index (χ0) is 24.4. The van der Waals surface area contributed by atoms with Crippen LogP contribution in [0.25, 0.3) is 0 Å². The highest BCUT2D eigenvalue weighted by Gasteiger charge is 2.41. The molecule has 2 atom stereocenters. The number of nitrogens with one attached hydrogen (secondary N) is 1. The Labute approximate surface area is 211 Å². The summed E-state index contributed by atoms with van der Waals surface area (Å²) in [5.74, 6) is 0.845. The van der Waals surface area contributed by atoms with Crippen molar-refractivity contribution < 1.29 is 4.74 Å². The van der Waals surface area contributed by atoms with E-state index in [2.05, 4.69) is 68.9 Å². The van der Waals surface area contributed by atoms with E-state index in [-0.39, 0.29) is 12.1 Å². The number of rotatable bonds is 7. The van der Waals surface area contributed by atoms with Crippen LogP contribution in [-0.2, 0) is 13.1 Å². The smallest absolute Gasteiger partial charge is 0.170 e. The van der Waals surface area contributed by atoms with E-state index in [9.17, 15) is 0 Å². The molecule has 1 saturated heterocycles. The number of aromatic nitrogens is 3. The van der Waals surface area contributed by atoms with Crippen molar-refractivity contribution in [1.82, 2.24) is 24.8 Å². The van der Waals surface area contributed by atoms with Gasteiger partial charge in [0.1, 0.15) is 5.75 Å². The number of pyridine rings is 2. The Morgan fingerprint density at radius 2 is 1.80 bits per heavy atom. The average molecular weight is 484 g/mol. The lowest BCUT2D eigenvalue weighted by Crippen LogP contribution is -2.29. The van der Waals surface area contributed by atoms with E-state index in [0.717, 1.165) is 23.1 Å². The molecular weight excluding hydrogens is 454 g/mol. The summed E-state index contributed by atoms with van der Waals surface area (Å²) < 4.78 is 7.69. The number of nitrogens with zero attached hydrogens (tertiary/aromatic N) is 4. The van der Waals surface area contributed by atoms with Crippen molar-refractivity contribution >= 4 is 17.3 Å². The van der Waals surface area contributed by atoms with E-state index in [0.29, 0.717) is 6.54 Å². The molecule has 6 nitrogen and oxygen atoms in total. The van der Waals surface area contributed by atoms with Crippen LogP contribution in [0.1, 0.15) is 45.9 Å². The molecule has 7 heteroatoms. The normalized spacial score (nSPS) is 17.5. The predicted octanol–water partition coefficient (Wildman–Crippen LogP) is 5.12. The lowest BCUT2D eigenvalue weighted by atomic mass is 9.96. The number of benzene rings is 1. The Balaban J connectivity index is 1.54. The molecule has 1 N–H and O–H groups in total. The lowest BCUT2D eigenvalue weighted by Gasteiger charge is -2.28. The van der Waals surface area contributed by atoms with Gasteiger partial charge in [-0.15, -0.1) is 0 Å². The Hall–Kier alpha value is -3.71. The highest BCUT2D eigenvalue weighted by molar-refractivity contribution is 7.80. The van der Waals surface area contributed by atoms with Crippen LogP contribution in [0.2, 0.25) is 0 Å². The molecule has 0 amide bonds. The first-order valence-electron chi connectivity index (χ1n) is 11.7. The quantitative estimate of drug-likeness (QED) is 0.368. The van der Waals surface area contributed by atoms with Crippen LogP contribution in [0, 0.1) is 13.8 Å². The zero-order valence-electron chi connectivity index (χ0n) is 20.2. The van der Waals surface area contributed by atoms with Gasteiger partial charge in [0.15, 0.2) is 5.11 Å². The van der Waals surface area contributed by atoms with Gasteiger partial charge in [-0.05, 0) is 79.2 Å². The highest BCUT2D eigenvalue weighted by atomic mass is 32.1. The van der Waals surface area contributed by atoms with Crippen molar-refractivity contribution in [3.8, 4) is 5.75 Å². The monoisotopic (exact) mass is 483 g/mol. The molecule has 1 aromatic carbocycles. The van der Waals surface area contributed by atoms with Gasteiger partial charge in [-0.2, -0.15) is 0 Å². The number of hydrogen-bond acceptors (Lipinski definition) is 4. The van der Waals surface area contributed by atoms with Crippen LogP contribution in [0.5, 0.6) is 5.75 Å². The molecule has 178 valence electrons. The van der Waals surface area contributed by atoms with E-state index in [1.165, 1.54) is 28.1 Å². The third-order valence-electron chi connectivity index (χ3n) is 6.70. The zero-order valence-corrected chi connectivity index (χ0v) is 21.0. The van der Waals surface area contributed by atoms with Crippen LogP contribution in [0.3, 0.4) is 0 Å². The largest absolute Gasteiger partial charge is 0.497 e. The predicted molar refractivity (Wildman–Crippen MR) is 141 cm³/mol. The molecule has 3 aromatic heterocycles. The first-order chi connectivity index (χ1) is 17.0. The van der Waals surface area contributed by atoms with Crippen LogP contribution in [-0.4, -0.2) is 31.7 Å². The Morgan fingerprint density at radius 1 is 0.971 bits per heavy atom. The standard InChI is InChI=1S/C28H29N5OS/c1-19-15-24(20(2)32(19)18-22-7-6-13-29-16-22)27-26(25-8-4-5-14-30-25)31-28(35)33(27)17-21-9-11-23(34-3)12-10-21/h4-16,26-27H,17-18H2,1-3H3,(H,31,35)/t26-,27+/m1/s1. The number of ether oxygens (including phenoxy) is 1. The van der Waals surface area contributed by atoms with Gasteiger partial charge in [0.2, 0.25) is 0 Å². The van der Waals surface area contributed by atoms with Crippen molar-refractivity contribution in [1.29, 1.82) is 0 Å². The third-order valence-corrected chi connectivity index (χ3v) is 7.06. The summed E-state index contributed by atoms with van der Waals surface area (Å²) in [6.07, 6.45) is 5.58. The molecule has 0 saturated carbocycles. The second-order valence-electron chi connectivity index (χ2n) is 8.88. The van der Waals surface area contributed by atoms with Crippen molar-refractivity contribution in [2.24, 2.45) is 0 Å². The molecule has 5 rings (SSSR count). The fourth-order valence-corrected chi connectivity index (χ4v) is 5.19. The maximum Gasteiger partial charge on any atom is 0.170 e. The lowest BCUT2D eigenvalue weighted by molar-refractivity contribution is 0.309. The van der Waals surface area contributed by atoms with Crippen molar-refractivity contribution in [3.05, 3.63) is 113 Å². The second-order valence-corrected chi connectivity index (χ2v) is 9.26. The van der Waals surface area contributed by atoms with Gasteiger partial charge in [0.25, 0.3) is 0 Å². The first-order valence-corrected chi connectivity index (χ1v) is 12.1. The number of methoxy groups -OCH3 is 1. The van der Waals surface area contributed by atoms with E-state index >= 15 is 0 Å². The van der Waals surface area contributed by atoms with Crippen LogP contribution in [0.15, 0.2) is 79.3 Å². The van der Waals surface area contributed by atoms with Gasteiger partial charge < -0.3 is 19.5 Å². The number of hydrogen-bond donors (Lipinski definition) is 1. The topological polar surface area (TPSA) is 55.2 Å². The van der Waals surface area contributed by atoms with Crippen molar-refractivity contribution in [3.63, 3.8) is 0 Å². The van der Waals surface area contributed by atoms with Crippen molar-refractivity contribution in [2.45, 2.75) is 39.0 Å². The average Bonchev–Trinajstić information content (AvgIpc) is 3.36. The number of aryl methyl sites for hydroxylation is 1. The number of thiocarbonyl (C=S) groups is 1. The molecule has 35 heavy (non-hydrogen) atoms. The SMILES string of the molecule is COc1ccc(CN2C(=S)N[C@H](c3ccccn3)[C@@H]2c2cc(C)n(Cc3cccnc3)c2C)cc1. The van der Waals surface area contributed by atoms with Crippen LogP contribution < -0.4 is 10.1 Å². The van der Waals surface area contributed by atoms with E-state index in [1.54, 1.807) is 7.11 Å². The van der Waals surface area contributed by atoms with E-state index in [4.69, 9.17) is 17.0 Å². The van der Waals surface area contributed by atoms with Gasteiger partial charge in [-0.1, -0.05) is 24.3 Å². The van der Waals surface area contributed by atoms with E-state index < -0.39 is 0 Å². The summed E-state index contributed by atoms with van der Waals surface area (Å²) >= 11 is 5.88. The molecule has 1 aliphatic rings. The van der Waals surface area contributed by atoms with Crippen molar-refractivity contribution in [2.75, 3.05) is 7.11 Å². The fraction of sp³-hybridized carbons (Fsp3) is 0.250. The maximum atomic E-state index is 5.88. The summed E-state index contributed by atoms with van der Waals surface area (Å²) in [4.78, 5) is 11.3. The molecule has 4 aromatic rings. The first kappa shape index (κ1) is 23.1. The molecular formula is C28H29N5OS. The molecule has 0 bridgehead atoms. The minimum Gasteiger partial charge on any atom is -0.497 e. The summed E-state index contributed by atoms with van der Waals surface area (Å²) in [6, 6.07) is 20.6. The maximum absolute atomic E-state index is 5.88. The molecule has 1 fully saturated rings. The molecule has 0 aliphatic carbocycles. The van der Waals surface area contributed by atoms with Gasteiger partial charge in [0.05, 0.1) is 24.9 Å². The van der Waals surface area contributed by atoms with Gasteiger partial charge in [-0.3, -0.25) is 9.97 Å². The van der Waals surface area contributed by atoms with Crippen LogP contribution >= 0.6 is 12.2 Å². The van der Waals surface area contributed by atoms with Gasteiger partial charge in [0, 0.05) is 43.1 Å². The Kier molecular flexibility index (Phi) is 6.51. The molecule has 0 unspecified atom stereocenters. The van der Waals surface area contributed by atoms with Gasteiger partial charge in [-0.25, -0.2) is 0 Å². The fourth-order valence-electron chi connectivity index (χ4n) is 4.89. The minimum absolute atomic E-state index is 0.00773. The Morgan fingerprint density at radius 3 is 2.49 bits per heavy atom. The highest BCUT2D eigenvalue weighted by Crippen LogP contribution is 2.41. The third kappa shape index (κ3) is 4.64. The summed E-state index contributed by atoms with van der Waals surface area (Å²) in [5.41, 5.74) is 7.02. The minimum atomic E-state index is -0.0470.